The number of rotatable bonds is 6. The summed E-state index contributed by atoms with van der Waals surface area (Å²) < 4.78 is 5.67. The van der Waals surface area contributed by atoms with Gasteiger partial charge in [0.25, 0.3) is 0 Å². The van der Waals surface area contributed by atoms with Crippen LogP contribution in [0, 0.1) is 0 Å². The van der Waals surface area contributed by atoms with E-state index in [1.54, 1.807) is 41.4 Å². The second-order valence-electron chi connectivity index (χ2n) is 6.10. The van der Waals surface area contributed by atoms with Gasteiger partial charge in [0, 0.05) is 36.0 Å². The molecule has 0 N–H and O–H groups in total. The molecule has 0 unspecified atom stereocenters. The monoisotopic (exact) mass is 430 g/mol. The number of para-hydroxylation sites is 1. The molecule has 0 atom stereocenters. The molecule has 1 fully saturated rings. The fraction of sp³-hybridized carbons (Fsp3) is 0.250. The minimum absolute atomic E-state index is 0.00291. The number of Topliss-reactive ketones (excluding diaryl/α,β-unsaturated/α-hetero) is 1. The highest BCUT2D eigenvalue weighted by atomic mass is 79.9. The first-order valence-corrected chi connectivity index (χ1v) is 9.34. The molecule has 7 heteroatoms. The van der Waals surface area contributed by atoms with E-state index in [2.05, 4.69) is 15.9 Å². The molecule has 0 aliphatic carbocycles. The number of halogens is 1. The lowest BCUT2D eigenvalue weighted by atomic mass is 10.1. The average Bonchev–Trinajstić information content (AvgIpc) is 3.05. The molecule has 1 aliphatic rings. The second-order valence-corrected chi connectivity index (χ2v) is 7.02. The maximum atomic E-state index is 12.5. The van der Waals surface area contributed by atoms with Gasteiger partial charge in [0.05, 0.1) is 18.4 Å². The Morgan fingerprint density at radius 1 is 1.15 bits per heavy atom. The highest BCUT2D eigenvalue weighted by molar-refractivity contribution is 9.10. The van der Waals surface area contributed by atoms with Crippen LogP contribution in [-0.2, 0) is 9.53 Å². The molecule has 2 aromatic rings. The molecular weight excluding hydrogens is 412 g/mol. The minimum Gasteiger partial charge on any atom is -0.465 e. The normalized spacial score (nSPS) is 14.4. The summed E-state index contributed by atoms with van der Waals surface area (Å²) in [4.78, 5) is 37.0. The van der Waals surface area contributed by atoms with Crippen LogP contribution in [0.1, 0.15) is 33.6 Å². The van der Waals surface area contributed by atoms with Crippen LogP contribution >= 0.6 is 15.9 Å². The molecule has 3 rings (SSSR count). The Balaban J connectivity index is 1.78. The average molecular weight is 431 g/mol. The number of hydrazine groups is 1. The van der Waals surface area contributed by atoms with E-state index in [-0.39, 0.29) is 18.1 Å². The largest absolute Gasteiger partial charge is 0.465 e. The summed E-state index contributed by atoms with van der Waals surface area (Å²) in [6, 6.07) is 14.0. The minimum atomic E-state index is -0.504. The molecule has 1 heterocycles. The van der Waals surface area contributed by atoms with Crippen molar-refractivity contribution < 1.29 is 19.1 Å². The lowest BCUT2D eigenvalue weighted by molar-refractivity contribution is -0.118. The van der Waals surface area contributed by atoms with Crippen LogP contribution in [0.3, 0.4) is 0 Å². The molecular formula is C20H19BrN2O4. The summed E-state index contributed by atoms with van der Waals surface area (Å²) in [5, 5.41) is 3.29. The Hall–Kier alpha value is -2.51. The lowest BCUT2D eigenvalue weighted by Crippen LogP contribution is -2.41. The van der Waals surface area contributed by atoms with Crippen LogP contribution in [0.4, 0.5) is 5.69 Å². The standard InChI is InChI=1S/C20H19BrN2O4/c1-27-20(26)16-7-2-3-8-17(16)23-19(25)10-12-22(23)11-9-18(24)14-5-4-6-15(21)13-14/h2-8,13H,9-12H2,1H3. The Kier molecular flexibility index (Phi) is 6.03. The molecule has 140 valence electrons. The third kappa shape index (κ3) is 4.26. The van der Waals surface area contributed by atoms with Gasteiger partial charge >= 0.3 is 5.97 Å². The Labute approximate surface area is 165 Å². The van der Waals surface area contributed by atoms with Gasteiger partial charge in [-0.05, 0) is 24.3 Å². The molecule has 2 aromatic carbocycles. The van der Waals surface area contributed by atoms with E-state index < -0.39 is 5.97 Å². The number of benzene rings is 2. The first kappa shape index (κ1) is 19.3. The Morgan fingerprint density at radius 3 is 2.67 bits per heavy atom. The van der Waals surface area contributed by atoms with E-state index in [0.29, 0.717) is 36.3 Å². The first-order valence-electron chi connectivity index (χ1n) is 8.55. The Morgan fingerprint density at radius 2 is 1.93 bits per heavy atom. The van der Waals surface area contributed by atoms with Gasteiger partial charge in [0.15, 0.2) is 5.78 Å². The summed E-state index contributed by atoms with van der Waals surface area (Å²) in [5.41, 5.74) is 1.41. The number of carbonyl (C=O) groups is 3. The maximum Gasteiger partial charge on any atom is 0.340 e. The molecule has 1 saturated heterocycles. The molecule has 1 aliphatic heterocycles. The van der Waals surface area contributed by atoms with Gasteiger partial charge in [-0.2, -0.15) is 0 Å². The van der Waals surface area contributed by atoms with Gasteiger partial charge in [-0.15, -0.1) is 0 Å². The van der Waals surface area contributed by atoms with E-state index in [9.17, 15) is 14.4 Å². The van der Waals surface area contributed by atoms with E-state index in [1.165, 1.54) is 12.1 Å². The van der Waals surface area contributed by atoms with Crippen molar-refractivity contribution in [1.82, 2.24) is 5.01 Å². The van der Waals surface area contributed by atoms with Gasteiger partial charge in [-0.1, -0.05) is 40.2 Å². The van der Waals surface area contributed by atoms with E-state index in [0.717, 1.165) is 4.47 Å². The van der Waals surface area contributed by atoms with Crippen molar-refractivity contribution in [1.29, 1.82) is 0 Å². The number of nitrogens with zero attached hydrogens (tertiary/aromatic N) is 2. The summed E-state index contributed by atoms with van der Waals surface area (Å²) >= 11 is 3.36. The number of anilines is 1. The van der Waals surface area contributed by atoms with Crippen molar-refractivity contribution in [2.24, 2.45) is 0 Å². The third-order valence-electron chi connectivity index (χ3n) is 4.38. The van der Waals surface area contributed by atoms with Crippen LogP contribution in [0.15, 0.2) is 53.0 Å². The van der Waals surface area contributed by atoms with Crippen LogP contribution in [-0.4, -0.2) is 42.9 Å². The predicted octanol–water partition coefficient (Wildman–Crippen LogP) is 3.46. The van der Waals surface area contributed by atoms with Gasteiger partial charge in [0.2, 0.25) is 5.91 Å². The van der Waals surface area contributed by atoms with Crippen LogP contribution in [0.2, 0.25) is 0 Å². The lowest BCUT2D eigenvalue weighted by Gasteiger charge is -2.29. The van der Waals surface area contributed by atoms with Crippen molar-refractivity contribution >= 4 is 39.3 Å². The molecule has 1 amide bonds. The highest BCUT2D eigenvalue weighted by Gasteiger charge is 2.33. The van der Waals surface area contributed by atoms with E-state index in [1.807, 2.05) is 12.1 Å². The fourth-order valence-corrected chi connectivity index (χ4v) is 3.46. The van der Waals surface area contributed by atoms with Crippen LogP contribution in [0.5, 0.6) is 0 Å². The zero-order valence-corrected chi connectivity index (χ0v) is 16.4. The van der Waals surface area contributed by atoms with Crippen LogP contribution < -0.4 is 5.01 Å². The molecule has 6 nitrogen and oxygen atoms in total. The smallest absolute Gasteiger partial charge is 0.340 e. The summed E-state index contributed by atoms with van der Waals surface area (Å²) in [6.07, 6.45) is 0.598. The number of carbonyl (C=O) groups excluding carboxylic acids is 3. The molecule has 27 heavy (non-hydrogen) atoms. The first-order chi connectivity index (χ1) is 13.0. The van der Waals surface area contributed by atoms with E-state index in [4.69, 9.17) is 4.74 Å². The summed E-state index contributed by atoms with van der Waals surface area (Å²) in [7, 11) is 1.30. The van der Waals surface area contributed by atoms with Crippen molar-refractivity contribution in [2.45, 2.75) is 12.8 Å². The predicted molar refractivity (Wildman–Crippen MR) is 105 cm³/mol. The van der Waals surface area contributed by atoms with Gasteiger partial charge in [-0.3, -0.25) is 9.59 Å². The van der Waals surface area contributed by atoms with Crippen molar-refractivity contribution in [3.8, 4) is 0 Å². The molecule has 0 aromatic heterocycles. The number of hydrogen-bond donors (Lipinski definition) is 0. The molecule has 0 bridgehead atoms. The zero-order chi connectivity index (χ0) is 19.4. The third-order valence-corrected chi connectivity index (χ3v) is 4.88. The molecule has 0 spiro atoms. The fourth-order valence-electron chi connectivity index (χ4n) is 3.06. The summed E-state index contributed by atoms with van der Waals surface area (Å²) in [6.45, 7) is 0.882. The highest BCUT2D eigenvalue weighted by Crippen LogP contribution is 2.27. The number of ketones is 1. The van der Waals surface area contributed by atoms with Crippen molar-refractivity contribution in [3.05, 3.63) is 64.1 Å². The number of esters is 1. The number of hydrogen-bond acceptors (Lipinski definition) is 5. The SMILES string of the molecule is COC(=O)c1ccccc1N1C(=O)CCN1CCC(=O)c1cccc(Br)c1. The number of ether oxygens (including phenoxy) is 1. The quantitative estimate of drug-likeness (QED) is 0.518. The van der Waals surface area contributed by atoms with Crippen molar-refractivity contribution in [2.75, 3.05) is 25.2 Å². The molecule has 0 radical (unpaired) electrons. The van der Waals surface area contributed by atoms with Gasteiger partial charge in [0.1, 0.15) is 0 Å². The number of methoxy groups -OCH3 is 1. The molecule has 0 saturated carbocycles. The summed E-state index contributed by atoms with van der Waals surface area (Å²) in [5.74, 6) is -0.617. The Bertz CT molecular complexity index is 884. The topological polar surface area (TPSA) is 66.9 Å². The van der Waals surface area contributed by atoms with Crippen molar-refractivity contribution in [3.63, 3.8) is 0 Å². The van der Waals surface area contributed by atoms with Crippen LogP contribution in [0.25, 0.3) is 0 Å². The second kappa shape index (κ2) is 8.45. The maximum absolute atomic E-state index is 12.5. The zero-order valence-electron chi connectivity index (χ0n) is 14.9. The van der Waals surface area contributed by atoms with E-state index >= 15 is 0 Å². The number of amides is 1. The van der Waals surface area contributed by atoms with Gasteiger partial charge < -0.3 is 4.74 Å². The van der Waals surface area contributed by atoms with Gasteiger partial charge in [-0.25, -0.2) is 14.8 Å².